The summed E-state index contributed by atoms with van der Waals surface area (Å²) in [5, 5.41) is 2.49. The van der Waals surface area contributed by atoms with E-state index in [1.165, 1.54) is 6.07 Å². The molecule has 0 saturated heterocycles. The van der Waals surface area contributed by atoms with Gasteiger partial charge in [0.25, 0.3) is 5.91 Å². The summed E-state index contributed by atoms with van der Waals surface area (Å²) in [5.41, 5.74) is 3.31. The van der Waals surface area contributed by atoms with E-state index in [-0.39, 0.29) is 17.3 Å². The van der Waals surface area contributed by atoms with Crippen LogP contribution in [0.2, 0.25) is 0 Å². The first-order valence-electron chi connectivity index (χ1n) is 8.07. The van der Waals surface area contributed by atoms with E-state index in [2.05, 4.69) is 15.3 Å². The monoisotopic (exact) mass is 357 g/mol. The number of ether oxygens (including phenoxy) is 1. The molecule has 3 rings (SSSR count). The summed E-state index contributed by atoms with van der Waals surface area (Å²) in [6, 6.07) is 6.81. The molecule has 3 aromatic rings. The summed E-state index contributed by atoms with van der Waals surface area (Å²) in [6.07, 6.45) is 0. The Hall–Kier alpha value is -3.09. The van der Waals surface area contributed by atoms with Gasteiger partial charge in [0.1, 0.15) is 0 Å². The molecule has 0 aliphatic rings. The minimum absolute atomic E-state index is 0.0210. The van der Waals surface area contributed by atoms with Crippen LogP contribution in [-0.2, 0) is 0 Å². The Labute approximate surface area is 149 Å². The minimum Gasteiger partial charge on any atom is -0.476 e. The Balaban J connectivity index is 2.03. The second-order valence-corrected chi connectivity index (χ2v) is 5.82. The highest BCUT2D eigenvalue weighted by Gasteiger charge is 2.19. The highest BCUT2D eigenvalue weighted by molar-refractivity contribution is 6.05. The molecule has 1 heterocycles. The van der Waals surface area contributed by atoms with Gasteiger partial charge in [0.2, 0.25) is 5.88 Å². The average Bonchev–Trinajstić information content (AvgIpc) is 2.59. The van der Waals surface area contributed by atoms with Crippen molar-refractivity contribution >= 4 is 22.6 Å². The van der Waals surface area contributed by atoms with E-state index in [0.29, 0.717) is 17.6 Å². The van der Waals surface area contributed by atoms with E-state index in [4.69, 9.17) is 4.74 Å². The predicted octanol–water partition coefficient (Wildman–Crippen LogP) is 4.18. The molecule has 7 heteroatoms. The van der Waals surface area contributed by atoms with Crippen LogP contribution in [0.25, 0.3) is 11.0 Å². The zero-order valence-electron chi connectivity index (χ0n) is 14.6. The number of amides is 1. The number of hydrogen-bond acceptors (Lipinski definition) is 4. The lowest BCUT2D eigenvalue weighted by molar-refractivity contribution is 0.101. The van der Waals surface area contributed by atoms with Gasteiger partial charge in [-0.05, 0) is 56.2 Å². The van der Waals surface area contributed by atoms with E-state index in [1.54, 1.807) is 6.92 Å². The first-order chi connectivity index (χ1) is 12.4. The van der Waals surface area contributed by atoms with Crippen LogP contribution in [0.5, 0.6) is 5.88 Å². The van der Waals surface area contributed by atoms with E-state index < -0.39 is 17.5 Å². The van der Waals surface area contributed by atoms with Crippen LogP contribution in [0.3, 0.4) is 0 Å². The number of benzene rings is 2. The van der Waals surface area contributed by atoms with Crippen molar-refractivity contribution in [3.05, 3.63) is 58.8 Å². The van der Waals surface area contributed by atoms with E-state index in [1.807, 2.05) is 26.0 Å². The fourth-order valence-corrected chi connectivity index (χ4v) is 2.44. The lowest BCUT2D eigenvalue weighted by atomic mass is 10.1. The number of rotatable bonds is 4. The molecule has 0 spiro atoms. The van der Waals surface area contributed by atoms with E-state index in [9.17, 15) is 13.6 Å². The van der Waals surface area contributed by atoms with Gasteiger partial charge in [-0.2, -0.15) is 0 Å². The Morgan fingerprint density at radius 3 is 2.31 bits per heavy atom. The van der Waals surface area contributed by atoms with Crippen molar-refractivity contribution < 1.29 is 18.3 Å². The average molecular weight is 357 g/mol. The van der Waals surface area contributed by atoms with Crippen molar-refractivity contribution in [1.82, 2.24) is 9.97 Å². The lowest BCUT2D eigenvalue weighted by Crippen LogP contribution is -2.17. The van der Waals surface area contributed by atoms with Crippen molar-refractivity contribution in [2.24, 2.45) is 0 Å². The van der Waals surface area contributed by atoms with Crippen molar-refractivity contribution in [1.29, 1.82) is 0 Å². The van der Waals surface area contributed by atoms with Gasteiger partial charge in [-0.3, -0.25) is 4.79 Å². The second kappa shape index (κ2) is 7.03. The number of nitrogens with one attached hydrogen (secondary N) is 1. The summed E-state index contributed by atoms with van der Waals surface area (Å²) in [5.74, 6) is -2.58. The fraction of sp³-hybridized carbons (Fsp3) is 0.211. The highest BCUT2D eigenvalue weighted by atomic mass is 19.2. The smallest absolute Gasteiger partial charge is 0.279 e. The molecule has 0 unspecified atom stereocenters. The third kappa shape index (κ3) is 3.46. The Morgan fingerprint density at radius 1 is 1.04 bits per heavy atom. The topological polar surface area (TPSA) is 64.1 Å². The van der Waals surface area contributed by atoms with E-state index in [0.717, 1.165) is 23.3 Å². The van der Waals surface area contributed by atoms with Crippen LogP contribution >= 0.6 is 0 Å². The molecule has 1 aromatic heterocycles. The van der Waals surface area contributed by atoms with Crippen LogP contribution in [0, 0.1) is 25.5 Å². The second-order valence-electron chi connectivity index (χ2n) is 5.82. The maximum Gasteiger partial charge on any atom is 0.279 e. The molecule has 0 saturated carbocycles. The molecule has 0 aliphatic carbocycles. The van der Waals surface area contributed by atoms with Crippen molar-refractivity contribution in [3.8, 4) is 5.88 Å². The third-order valence-electron chi connectivity index (χ3n) is 3.92. The summed E-state index contributed by atoms with van der Waals surface area (Å²) in [4.78, 5) is 21.3. The normalized spacial score (nSPS) is 10.8. The Kier molecular flexibility index (Phi) is 4.79. The van der Waals surface area contributed by atoms with Gasteiger partial charge in [0, 0.05) is 11.8 Å². The molecule has 134 valence electrons. The van der Waals surface area contributed by atoms with E-state index >= 15 is 0 Å². The molecule has 1 N–H and O–H groups in total. The standard InChI is InChI=1S/C19H17F2N3O2/c1-4-26-19-17(18(25)22-12-5-6-13(20)14(21)9-12)23-15-7-10(2)11(3)8-16(15)24-19/h5-9H,4H2,1-3H3,(H,22,25). The molecular weight excluding hydrogens is 340 g/mol. The first kappa shape index (κ1) is 17.7. The number of anilines is 1. The molecule has 0 atom stereocenters. The molecule has 26 heavy (non-hydrogen) atoms. The SMILES string of the molecule is CCOc1nc2cc(C)c(C)cc2nc1C(=O)Nc1ccc(F)c(F)c1. The molecule has 0 aliphatic heterocycles. The van der Waals surface area contributed by atoms with Crippen LogP contribution in [-0.4, -0.2) is 22.5 Å². The zero-order valence-corrected chi connectivity index (χ0v) is 14.6. The number of halogens is 2. The van der Waals surface area contributed by atoms with Gasteiger partial charge in [0.05, 0.1) is 17.6 Å². The number of aromatic nitrogens is 2. The molecule has 2 aromatic carbocycles. The van der Waals surface area contributed by atoms with Crippen molar-refractivity contribution in [2.75, 3.05) is 11.9 Å². The maximum absolute atomic E-state index is 13.3. The lowest BCUT2D eigenvalue weighted by Gasteiger charge is -2.11. The Morgan fingerprint density at radius 2 is 1.69 bits per heavy atom. The molecule has 1 amide bonds. The van der Waals surface area contributed by atoms with Crippen molar-refractivity contribution in [2.45, 2.75) is 20.8 Å². The summed E-state index contributed by atoms with van der Waals surface area (Å²) < 4.78 is 31.8. The molecule has 5 nitrogen and oxygen atoms in total. The zero-order chi connectivity index (χ0) is 18.8. The van der Waals surface area contributed by atoms with Gasteiger partial charge >= 0.3 is 0 Å². The van der Waals surface area contributed by atoms with Gasteiger partial charge in [-0.25, -0.2) is 18.7 Å². The molecule has 0 fully saturated rings. The number of nitrogens with zero attached hydrogens (tertiary/aromatic N) is 2. The maximum atomic E-state index is 13.3. The van der Waals surface area contributed by atoms with Crippen molar-refractivity contribution in [3.63, 3.8) is 0 Å². The number of carbonyl (C=O) groups is 1. The number of hydrogen-bond donors (Lipinski definition) is 1. The quantitative estimate of drug-likeness (QED) is 0.761. The van der Waals surface area contributed by atoms with Gasteiger partial charge in [-0.1, -0.05) is 0 Å². The number of aryl methyl sites for hydroxylation is 2. The van der Waals surface area contributed by atoms with Crippen LogP contribution in [0.4, 0.5) is 14.5 Å². The van der Waals surface area contributed by atoms with Gasteiger partial charge in [-0.15, -0.1) is 0 Å². The predicted molar refractivity (Wildman–Crippen MR) is 94.5 cm³/mol. The molecular formula is C19H17F2N3O2. The third-order valence-corrected chi connectivity index (χ3v) is 3.92. The molecule has 0 bridgehead atoms. The summed E-state index contributed by atoms with van der Waals surface area (Å²) in [6.45, 7) is 5.97. The van der Waals surface area contributed by atoms with Gasteiger partial charge < -0.3 is 10.1 Å². The molecule has 0 radical (unpaired) electrons. The largest absolute Gasteiger partial charge is 0.476 e. The van der Waals surface area contributed by atoms with Crippen LogP contribution < -0.4 is 10.1 Å². The number of carbonyl (C=O) groups excluding carboxylic acids is 1. The first-order valence-corrected chi connectivity index (χ1v) is 8.07. The Bertz CT molecular complexity index is 1010. The summed E-state index contributed by atoms with van der Waals surface area (Å²) in [7, 11) is 0. The minimum atomic E-state index is -1.05. The number of fused-ring (bicyclic) bond motifs is 1. The van der Waals surface area contributed by atoms with Gasteiger partial charge in [0.15, 0.2) is 17.3 Å². The highest BCUT2D eigenvalue weighted by Crippen LogP contribution is 2.23. The van der Waals surface area contributed by atoms with Crippen LogP contribution in [0.15, 0.2) is 30.3 Å². The van der Waals surface area contributed by atoms with Crippen LogP contribution in [0.1, 0.15) is 28.5 Å². The summed E-state index contributed by atoms with van der Waals surface area (Å²) >= 11 is 0. The fourth-order valence-electron chi connectivity index (χ4n) is 2.44.